The minimum Gasteiger partial charge on any atom is -0.497 e. The molecule has 1 amide bonds. The van der Waals surface area contributed by atoms with Crippen LogP contribution < -0.4 is 4.74 Å². The van der Waals surface area contributed by atoms with Gasteiger partial charge in [0.25, 0.3) is 5.91 Å². The first-order chi connectivity index (χ1) is 8.29. The zero-order valence-electron chi connectivity index (χ0n) is 9.72. The van der Waals surface area contributed by atoms with Crippen LogP contribution in [0.2, 0.25) is 0 Å². The molecule has 17 heavy (non-hydrogen) atoms. The standard InChI is InChI=1S/C13H14N2O2/c1-17-10-4-5-12-11(7-10)13(16)15-6-2-3-9(15)8-14-12/h4-5,7-9H,2-3,6H2,1H3/t9-/m0/s1. The molecule has 2 heterocycles. The van der Waals surface area contributed by atoms with Gasteiger partial charge in [0.2, 0.25) is 0 Å². The molecule has 0 unspecified atom stereocenters. The van der Waals surface area contributed by atoms with Crippen molar-refractivity contribution in [3.05, 3.63) is 23.8 Å². The zero-order valence-corrected chi connectivity index (χ0v) is 9.72. The summed E-state index contributed by atoms with van der Waals surface area (Å²) in [5, 5.41) is 0. The van der Waals surface area contributed by atoms with Crippen LogP contribution in [0.4, 0.5) is 5.69 Å². The number of ether oxygens (including phenoxy) is 1. The first-order valence-electron chi connectivity index (χ1n) is 5.83. The second-order valence-corrected chi connectivity index (χ2v) is 4.37. The third-order valence-electron chi connectivity index (χ3n) is 3.38. The van der Waals surface area contributed by atoms with Crippen molar-refractivity contribution >= 4 is 17.8 Å². The van der Waals surface area contributed by atoms with Crippen LogP contribution in [0.25, 0.3) is 0 Å². The number of benzene rings is 1. The van der Waals surface area contributed by atoms with Crippen LogP contribution >= 0.6 is 0 Å². The number of aliphatic imine (C=N–C) groups is 1. The van der Waals surface area contributed by atoms with Crippen molar-refractivity contribution in [3.8, 4) is 5.75 Å². The average Bonchev–Trinajstić information content (AvgIpc) is 2.79. The summed E-state index contributed by atoms with van der Waals surface area (Å²) in [4.78, 5) is 18.7. The smallest absolute Gasteiger partial charge is 0.256 e. The van der Waals surface area contributed by atoms with E-state index in [4.69, 9.17) is 4.74 Å². The largest absolute Gasteiger partial charge is 0.497 e. The first kappa shape index (κ1) is 10.3. The Morgan fingerprint density at radius 3 is 3.18 bits per heavy atom. The molecule has 1 aromatic rings. The number of fused-ring (bicyclic) bond motifs is 2. The van der Waals surface area contributed by atoms with Gasteiger partial charge >= 0.3 is 0 Å². The Morgan fingerprint density at radius 2 is 2.35 bits per heavy atom. The quantitative estimate of drug-likeness (QED) is 0.740. The minimum atomic E-state index is 0.0684. The normalized spacial score (nSPS) is 22.1. The predicted molar refractivity (Wildman–Crippen MR) is 65.2 cm³/mol. The molecule has 1 saturated heterocycles. The molecular weight excluding hydrogens is 216 g/mol. The predicted octanol–water partition coefficient (Wildman–Crippen LogP) is 2.02. The molecule has 88 valence electrons. The Labute approximate surface area is 99.9 Å². The molecular formula is C13H14N2O2. The maximum absolute atomic E-state index is 12.4. The van der Waals surface area contributed by atoms with E-state index in [-0.39, 0.29) is 11.9 Å². The fourth-order valence-electron chi connectivity index (χ4n) is 2.45. The molecule has 4 heteroatoms. The third-order valence-corrected chi connectivity index (χ3v) is 3.38. The fraction of sp³-hybridized carbons (Fsp3) is 0.385. The van der Waals surface area contributed by atoms with Crippen LogP contribution in [0.15, 0.2) is 23.2 Å². The number of nitrogens with zero attached hydrogens (tertiary/aromatic N) is 2. The van der Waals surface area contributed by atoms with E-state index in [1.54, 1.807) is 13.2 Å². The second kappa shape index (κ2) is 3.87. The molecule has 2 aliphatic heterocycles. The Kier molecular flexibility index (Phi) is 2.35. The van der Waals surface area contributed by atoms with E-state index < -0.39 is 0 Å². The average molecular weight is 230 g/mol. The van der Waals surface area contributed by atoms with E-state index in [0.717, 1.165) is 25.1 Å². The Morgan fingerprint density at radius 1 is 1.47 bits per heavy atom. The van der Waals surface area contributed by atoms with E-state index in [0.29, 0.717) is 11.3 Å². The minimum absolute atomic E-state index is 0.0684. The van der Waals surface area contributed by atoms with Gasteiger partial charge < -0.3 is 9.64 Å². The van der Waals surface area contributed by atoms with Crippen molar-refractivity contribution < 1.29 is 9.53 Å². The van der Waals surface area contributed by atoms with E-state index in [9.17, 15) is 4.79 Å². The van der Waals surface area contributed by atoms with Gasteiger partial charge in [-0.25, -0.2) is 0 Å². The first-order valence-corrected chi connectivity index (χ1v) is 5.83. The Bertz CT molecular complexity index is 496. The summed E-state index contributed by atoms with van der Waals surface area (Å²) in [7, 11) is 1.60. The lowest BCUT2D eigenvalue weighted by Crippen LogP contribution is -2.35. The summed E-state index contributed by atoms with van der Waals surface area (Å²) in [6.45, 7) is 0.826. The molecule has 0 spiro atoms. The van der Waals surface area contributed by atoms with Crippen LogP contribution in [0, 0.1) is 0 Å². The highest BCUT2D eigenvalue weighted by molar-refractivity contribution is 6.03. The van der Waals surface area contributed by atoms with Crippen LogP contribution in [0.1, 0.15) is 23.2 Å². The lowest BCUT2D eigenvalue weighted by molar-refractivity contribution is 0.0774. The van der Waals surface area contributed by atoms with E-state index in [1.807, 2.05) is 23.2 Å². The van der Waals surface area contributed by atoms with Gasteiger partial charge in [-0.05, 0) is 31.0 Å². The highest BCUT2D eigenvalue weighted by Crippen LogP contribution is 2.31. The summed E-state index contributed by atoms with van der Waals surface area (Å²) >= 11 is 0. The molecule has 0 radical (unpaired) electrons. The third kappa shape index (κ3) is 1.60. The number of carbonyl (C=O) groups is 1. The van der Waals surface area contributed by atoms with Crippen molar-refractivity contribution in [3.63, 3.8) is 0 Å². The van der Waals surface area contributed by atoms with Gasteiger partial charge in [0.15, 0.2) is 0 Å². The Balaban J connectivity index is 2.08. The van der Waals surface area contributed by atoms with Gasteiger partial charge in [-0.1, -0.05) is 0 Å². The summed E-state index contributed by atoms with van der Waals surface area (Å²) in [6, 6.07) is 5.61. The topological polar surface area (TPSA) is 41.9 Å². The lowest BCUT2D eigenvalue weighted by atomic mass is 10.1. The summed E-state index contributed by atoms with van der Waals surface area (Å²) in [5.41, 5.74) is 1.38. The van der Waals surface area contributed by atoms with Gasteiger partial charge in [-0.2, -0.15) is 0 Å². The molecule has 1 atom stereocenters. The van der Waals surface area contributed by atoms with Crippen LogP contribution in [-0.2, 0) is 0 Å². The molecule has 0 saturated carbocycles. The van der Waals surface area contributed by atoms with Crippen molar-refractivity contribution in [2.45, 2.75) is 18.9 Å². The summed E-state index contributed by atoms with van der Waals surface area (Å²) in [6.07, 6.45) is 3.96. The van der Waals surface area contributed by atoms with Gasteiger partial charge in [0.05, 0.1) is 24.4 Å². The number of hydrogen-bond donors (Lipinski definition) is 0. The number of amides is 1. The van der Waals surface area contributed by atoms with Crippen LogP contribution in [-0.4, -0.2) is 36.7 Å². The highest BCUT2D eigenvalue weighted by Gasteiger charge is 2.31. The maximum Gasteiger partial charge on any atom is 0.256 e. The molecule has 2 aliphatic rings. The van der Waals surface area contributed by atoms with Gasteiger partial charge in [0.1, 0.15) is 5.75 Å². The molecule has 0 aromatic heterocycles. The van der Waals surface area contributed by atoms with E-state index in [1.165, 1.54) is 0 Å². The molecule has 0 N–H and O–H groups in total. The number of carbonyl (C=O) groups excluding carboxylic acids is 1. The summed E-state index contributed by atoms with van der Waals surface area (Å²) in [5.74, 6) is 0.767. The molecule has 4 nitrogen and oxygen atoms in total. The van der Waals surface area contributed by atoms with Crippen molar-refractivity contribution in [2.75, 3.05) is 13.7 Å². The SMILES string of the molecule is COc1ccc2c(c1)C(=O)N1CCC[C@H]1C=N2. The number of rotatable bonds is 1. The van der Waals surface area contributed by atoms with E-state index >= 15 is 0 Å². The number of methoxy groups -OCH3 is 1. The van der Waals surface area contributed by atoms with Crippen molar-refractivity contribution in [1.29, 1.82) is 0 Å². The second-order valence-electron chi connectivity index (χ2n) is 4.37. The molecule has 3 rings (SSSR count). The van der Waals surface area contributed by atoms with Crippen molar-refractivity contribution in [2.24, 2.45) is 4.99 Å². The summed E-state index contributed by atoms with van der Waals surface area (Å²) < 4.78 is 5.16. The van der Waals surface area contributed by atoms with E-state index in [2.05, 4.69) is 4.99 Å². The van der Waals surface area contributed by atoms with Crippen molar-refractivity contribution in [1.82, 2.24) is 4.90 Å². The monoisotopic (exact) mass is 230 g/mol. The zero-order chi connectivity index (χ0) is 11.8. The fourth-order valence-corrected chi connectivity index (χ4v) is 2.45. The van der Waals surface area contributed by atoms with Gasteiger partial charge in [-0.3, -0.25) is 9.79 Å². The maximum atomic E-state index is 12.4. The van der Waals surface area contributed by atoms with Crippen LogP contribution in [0.3, 0.4) is 0 Å². The number of hydrogen-bond acceptors (Lipinski definition) is 3. The molecule has 1 aromatic carbocycles. The Hall–Kier alpha value is -1.84. The highest BCUT2D eigenvalue weighted by atomic mass is 16.5. The lowest BCUT2D eigenvalue weighted by Gasteiger charge is -2.19. The molecule has 0 aliphatic carbocycles. The van der Waals surface area contributed by atoms with Crippen LogP contribution in [0.5, 0.6) is 5.75 Å². The van der Waals surface area contributed by atoms with Gasteiger partial charge in [0, 0.05) is 12.8 Å². The molecule has 1 fully saturated rings. The van der Waals surface area contributed by atoms with Gasteiger partial charge in [-0.15, -0.1) is 0 Å². The molecule has 0 bridgehead atoms.